The highest BCUT2D eigenvalue weighted by molar-refractivity contribution is 5.87. The van der Waals surface area contributed by atoms with Gasteiger partial charge in [-0.1, -0.05) is 13.8 Å². The van der Waals surface area contributed by atoms with Gasteiger partial charge in [-0.3, -0.25) is 14.4 Å². The summed E-state index contributed by atoms with van der Waals surface area (Å²) in [5.41, 5.74) is -0.0888. The molecule has 150 valence electrons. The van der Waals surface area contributed by atoms with E-state index in [1.807, 2.05) is 0 Å². The lowest BCUT2D eigenvalue weighted by atomic mass is 9.44. The van der Waals surface area contributed by atoms with Crippen molar-refractivity contribution in [3.05, 3.63) is 0 Å². The van der Waals surface area contributed by atoms with Crippen molar-refractivity contribution in [2.75, 3.05) is 0 Å². The van der Waals surface area contributed by atoms with Gasteiger partial charge >= 0.3 is 5.97 Å². The highest BCUT2D eigenvalue weighted by Gasteiger charge is 2.63. The van der Waals surface area contributed by atoms with E-state index in [1.165, 1.54) is 6.92 Å². The number of esters is 1. The van der Waals surface area contributed by atoms with E-state index in [1.54, 1.807) is 6.92 Å². The van der Waals surface area contributed by atoms with Crippen molar-refractivity contribution >= 4 is 17.5 Å². The SMILES string of the molecule is CC(=O)O[C@H]1CC[C@@]2(C)[C@@H](CC[C@H]3[C@@H]4CC[C@@H](C(C)=O)[C@@]4(C)CC(=O)[C@@H]32)C1. The van der Waals surface area contributed by atoms with Gasteiger partial charge in [0.05, 0.1) is 0 Å². The molecule has 0 saturated heterocycles. The Labute approximate surface area is 162 Å². The van der Waals surface area contributed by atoms with Crippen molar-refractivity contribution in [2.24, 2.45) is 40.4 Å². The van der Waals surface area contributed by atoms with Gasteiger partial charge in [-0.2, -0.15) is 0 Å². The number of hydrogen-bond acceptors (Lipinski definition) is 4. The fraction of sp³-hybridized carbons (Fsp3) is 0.870. The van der Waals surface area contributed by atoms with E-state index in [0.717, 1.165) is 44.9 Å². The molecule has 0 bridgehead atoms. The predicted octanol–water partition coefficient (Wildman–Crippen LogP) is 4.35. The minimum absolute atomic E-state index is 0.0228. The third-order valence-electron chi connectivity index (χ3n) is 9.12. The van der Waals surface area contributed by atoms with Crippen LogP contribution >= 0.6 is 0 Å². The molecule has 4 nitrogen and oxygen atoms in total. The maximum Gasteiger partial charge on any atom is 0.302 e. The summed E-state index contributed by atoms with van der Waals surface area (Å²) in [6.45, 7) is 7.75. The summed E-state index contributed by atoms with van der Waals surface area (Å²) in [7, 11) is 0. The van der Waals surface area contributed by atoms with Crippen molar-refractivity contribution in [2.45, 2.75) is 85.2 Å². The Hall–Kier alpha value is -1.19. The fourth-order valence-electron chi connectivity index (χ4n) is 8.04. The normalized spacial score (nSPS) is 49.0. The predicted molar refractivity (Wildman–Crippen MR) is 102 cm³/mol. The lowest BCUT2D eigenvalue weighted by molar-refractivity contribution is -0.169. The van der Waals surface area contributed by atoms with Gasteiger partial charge in [0.25, 0.3) is 0 Å². The zero-order chi connectivity index (χ0) is 19.6. The summed E-state index contributed by atoms with van der Waals surface area (Å²) >= 11 is 0. The van der Waals surface area contributed by atoms with Crippen LogP contribution in [0.25, 0.3) is 0 Å². The first-order valence-electron chi connectivity index (χ1n) is 10.9. The van der Waals surface area contributed by atoms with Crippen LogP contribution in [0.2, 0.25) is 0 Å². The third-order valence-corrected chi connectivity index (χ3v) is 9.12. The monoisotopic (exact) mass is 374 g/mol. The molecule has 0 aromatic rings. The summed E-state index contributed by atoms with van der Waals surface area (Å²) in [4.78, 5) is 37.1. The van der Waals surface area contributed by atoms with E-state index in [4.69, 9.17) is 4.74 Å². The molecule has 27 heavy (non-hydrogen) atoms. The van der Waals surface area contributed by atoms with Crippen LogP contribution in [0.4, 0.5) is 0 Å². The van der Waals surface area contributed by atoms with Crippen molar-refractivity contribution in [1.82, 2.24) is 0 Å². The van der Waals surface area contributed by atoms with Gasteiger partial charge in [0.1, 0.15) is 17.7 Å². The van der Waals surface area contributed by atoms with Crippen LogP contribution in [0.3, 0.4) is 0 Å². The zero-order valence-electron chi connectivity index (χ0n) is 17.3. The maximum atomic E-state index is 13.5. The van der Waals surface area contributed by atoms with Gasteiger partial charge in [-0.25, -0.2) is 0 Å². The Balaban J connectivity index is 1.60. The number of ether oxygens (including phenoxy) is 1. The Morgan fingerprint density at radius 3 is 2.41 bits per heavy atom. The first-order valence-corrected chi connectivity index (χ1v) is 10.9. The Bertz CT molecular complexity index is 669. The molecule has 8 atom stereocenters. The van der Waals surface area contributed by atoms with Gasteiger partial charge in [-0.05, 0) is 80.5 Å². The Morgan fingerprint density at radius 1 is 1.00 bits per heavy atom. The first kappa shape index (κ1) is 19.1. The molecular weight excluding hydrogens is 340 g/mol. The van der Waals surface area contributed by atoms with Crippen LogP contribution < -0.4 is 0 Å². The average Bonchev–Trinajstić information content (AvgIpc) is 2.91. The van der Waals surface area contributed by atoms with Gasteiger partial charge in [0.2, 0.25) is 0 Å². The molecule has 0 N–H and O–H groups in total. The number of hydrogen-bond donors (Lipinski definition) is 0. The maximum absolute atomic E-state index is 13.5. The van der Waals surface area contributed by atoms with Crippen molar-refractivity contribution in [3.8, 4) is 0 Å². The lowest BCUT2D eigenvalue weighted by Crippen LogP contribution is -2.58. The molecule has 4 aliphatic carbocycles. The average molecular weight is 375 g/mol. The first-order chi connectivity index (χ1) is 12.7. The number of rotatable bonds is 2. The smallest absolute Gasteiger partial charge is 0.302 e. The van der Waals surface area contributed by atoms with E-state index >= 15 is 0 Å². The fourth-order valence-corrected chi connectivity index (χ4v) is 8.04. The number of ketones is 2. The Morgan fingerprint density at radius 2 is 1.74 bits per heavy atom. The molecule has 4 fully saturated rings. The topological polar surface area (TPSA) is 60.4 Å². The number of Topliss-reactive ketones (excluding diaryl/α,β-unsaturated/α-hetero) is 2. The number of carbonyl (C=O) groups is 3. The molecule has 4 saturated carbocycles. The van der Waals surface area contributed by atoms with Gasteiger partial charge in [0, 0.05) is 25.2 Å². The number of fused-ring (bicyclic) bond motifs is 5. The van der Waals surface area contributed by atoms with Crippen molar-refractivity contribution < 1.29 is 19.1 Å². The van der Waals surface area contributed by atoms with Crippen molar-refractivity contribution in [1.29, 1.82) is 0 Å². The second kappa shape index (κ2) is 6.42. The van der Waals surface area contributed by atoms with Crippen LogP contribution in [-0.4, -0.2) is 23.6 Å². The molecule has 4 heteroatoms. The summed E-state index contributed by atoms with van der Waals surface area (Å²) in [6, 6.07) is 0. The number of carbonyl (C=O) groups excluding carboxylic acids is 3. The van der Waals surface area contributed by atoms with E-state index in [0.29, 0.717) is 30.0 Å². The molecule has 0 spiro atoms. The molecule has 0 amide bonds. The van der Waals surface area contributed by atoms with E-state index < -0.39 is 0 Å². The summed E-state index contributed by atoms with van der Waals surface area (Å²) in [5.74, 6) is 2.11. The van der Waals surface area contributed by atoms with Gasteiger partial charge < -0.3 is 4.74 Å². The molecule has 0 aliphatic heterocycles. The van der Waals surface area contributed by atoms with Gasteiger partial charge in [-0.15, -0.1) is 0 Å². The minimum Gasteiger partial charge on any atom is -0.463 e. The lowest BCUT2D eigenvalue weighted by Gasteiger charge is -2.59. The highest BCUT2D eigenvalue weighted by atomic mass is 16.5. The van der Waals surface area contributed by atoms with Crippen LogP contribution in [0, 0.1) is 40.4 Å². The van der Waals surface area contributed by atoms with Crippen LogP contribution in [0.15, 0.2) is 0 Å². The summed E-state index contributed by atoms with van der Waals surface area (Å²) in [6.07, 6.45) is 7.64. The molecule has 0 radical (unpaired) electrons. The van der Waals surface area contributed by atoms with E-state index in [2.05, 4.69) is 13.8 Å². The van der Waals surface area contributed by atoms with E-state index in [9.17, 15) is 14.4 Å². The van der Waals surface area contributed by atoms with Crippen molar-refractivity contribution in [3.63, 3.8) is 0 Å². The molecule has 4 rings (SSSR count). The molecule has 0 heterocycles. The second-order valence-corrected chi connectivity index (χ2v) is 10.4. The Kier molecular flexibility index (Phi) is 4.55. The van der Waals surface area contributed by atoms with Crippen LogP contribution in [0.5, 0.6) is 0 Å². The molecule has 0 aromatic carbocycles. The van der Waals surface area contributed by atoms with Gasteiger partial charge in [0.15, 0.2) is 0 Å². The minimum atomic E-state index is -0.192. The standard InChI is InChI=1S/C23H34O4/c1-13(24)18-7-8-19-17-6-5-15-11-16(27-14(2)25)9-10-22(15,3)21(17)20(26)12-23(18,19)4/h15-19,21H,5-12H2,1-4H3/t15-,16-,17-,18-,19-,21+,22-,23+/m0/s1. The second-order valence-electron chi connectivity index (χ2n) is 10.4. The largest absolute Gasteiger partial charge is 0.463 e. The summed E-state index contributed by atoms with van der Waals surface area (Å²) in [5, 5.41) is 0. The highest BCUT2D eigenvalue weighted by Crippen LogP contribution is 2.66. The molecule has 4 aliphatic rings. The zero-order valence-corrected chi connectivity index (χ0v) is 17.3. The van der Waals surface area contributed by atoms with E-state index in [-0.39, 0.29) is 40.5 Å². The quantitative estimate of drug-likeness (QED) is 0.675. The molecule has 0 unspecified atom stereocenters. The molecule has 0 aromatic heterocycles. The summed E-state index contributed by atoms with van der Waals surface area (Å²) < 4.78 is 5.51. The van der Waals surface area contributed by atoms with Crippen LogP contribution in [0.1, 0.15) is 79.1 Å². The molecular formula is C23H34O4. The van der Waals surface area contributed by atoms with Crippen LogP contribution in [-0.2, 0) is 19.1 Å². The third kappa shape index (κ3) is 2.81.